The number of ether oxygens (including phenoxy) is 1. The normalized spacial score (nSPS) is 17.4. The molecule has 0 aromatic rings. The Morgan fingerprint density at radius 3 is 2.55 bits per heavy atom. The summed E-state index contributed by atoms with van der Waals surface area (Å²) in [7, 11) is 0. The van der Waals surface area contributed by atoms with E-state index in [0.29, 0.717) is 13.2 Å². The minimum absolute atomic E-state index is 0.0126. The number of amides is 2. The van der Waals surface area contributed by atoms with Crippen molar-refractivity contribution in [3.8, 4) is 0 Å². The summed E-state index contributed by atoms with van der Waals surface area (Å²) in [4.78, 5) is 22.2. The SMILES string of the molecule is O=C(NCCOC1CCCCC1)N[C@H](CCO)C(=O)O. The summed E-state index contributed by atoms with van der Waals surface area (Å²) in [6.07, 6.45) is 6.08. The van der Waals surface area contributed by atoms with Gasteiger partial charge in [0.15, 0.2) is 0 Å². The Hall–Kier alpha value is -1.34. The van der Waals surface area contributed by atoms with Crippen LogP contribution in [0.1, 0.15) is 38.5 Å². The van der Waals surface area contributed by atoms with Gasteiger partial charge in [-0.2, -0.15) is 0 Å². The number of rotatable bonds is 8. The van der Waals surface area contributed by atoms with Crippen LogP contribution in [0, 0.1) is 0 Å². The first kappa shape index (κ1) is 16.7. The van der Waals surface area contributed by atoms with Crippen LogP contribution >= 0.6 is 0 Å². The molecule has 0 bridgehead atoms. The minimum atomic E-state index is -1.16. The fourth-order valence-corrected chi connectivity index (χ4v) is 2.22. The fraction of sp³-hybridized carbons (Fsp3) is 0.846. The van der Waals surface area contributed by atoms with Crippen LogP contribution in [0.5, 0.6) is 0 Å². The number of aliphatic hydroxyl groups is 1. The van der Waals surface area contributed by atoms with Gasteiger partial charge in [0.2, 0.25) is 0 Å². The van der Waals surface area contributed by atoms with Crippen LogP contribution in [0.3, 0.4) is 0 Å². The molecule has 7 nitrogen and oxygen atoms in total. The van der Waals surface area contributed by atoms with Gasteiger partial charge in [0.05, 0.1) is 12.7 Å². The first-order valence-electron chi connectivity index (χ1n) is 7.13. The molecule has 0 aliphatic heterocycles. The number of carbonyl (C=O) groups is 2. The number of hydrogen-bond donors (Lipinski definition) is 4. The van der Waals surface area contributed by atoms with Crippen molar-refractivity contribution in [3.05, 3.63) is 0 Å². The van der Waals surface area contributed by atoms with Crippen LogP contribution in [0.15, 0.2) is 0 Å². The Morgan fingerprint density at radius 1 is 1.25 bits per heavy atom. The molecule has 116 valence electrons. The number of carboxylic acid groups (broad SMARTS) is 1. The van der Waals surface area contributed by atoms with Gasteiger partial charge in [-0.25, -0.2) is 9.59 Å². The maximum Gasteiger partial charge on any atom is 0.326 e. The van der Waals surface area contributed by atoms with Crippen molar-refractivity contribution in [1.82, 2.24) is 10.6 Å². The first-order valence-corrected chi connectivity index (χ1v) is 7.13. The molecule has 7 heteroatoms. The van der Waals surface area contributed by atoms with E-state index in [1.807, 2.05) is 0 Å². The van der Waals surface area contributed by atoms with Crippen LogP contribution < -0.4 is 10.6 Å². The van der Waals surface area contributed by atoms with E-state index in [-0.39, 0.29) is 19.1 Å². The van der Waals surface area contributed by atoms with E-state index in [1.54, 1.807) is 0 Å². The molecule has 0 unspecified atom stereocenters. The van der Waals surface area contributed by atoms with Gasteiger partial charge >= 0.3 is 12.0 Å². The van der Waals surface area contributed by atoms with Crippen molar-refractivity contribution in [3.63, 3.8) is 0 Å². The van der Waals surface area contributed by atoms with E-state index in [9.17, 15) is 9.59 Å². The predicted molar refractivity (Wildman–Crippen MR) is 72.5 cm³/mol. The molecule has 2 amide bonds. The van der Waals surface area contributed by atoms with Crippen molar-refractivity contribution < 1.29 is 24.5 Å². The largest absolute Gasteiger partial charge is 0.480 e. The van der Waals surface area contributed by atoms with Gasteiger partial charge in [-0.05, 0) is 12.8 Å². The highest BCUT2D eigenvalue weighted by Gasteiger charge is 2.19. The van der Waals surface area contributed by atoms with Gasteiger partial charge in [-0.15, -0.1) is 0 Å². The van der Waals surface area contributed by atoms with Crippen LogP contribution in [0.4, 0.5) is 4.79 Å². The Bertz CT molecular complexity index is 305. The molecule has 1 atom stereocenters. The molecule has 0 spiro atoms. The molecule has 1 saturated carbocycles. The van der Waals surface area contributed by atoms with Crippen LogP contribution in [-0.2, 0) is 9.53 Å². The highest BCUT2D eigenvalue weighted by atomic mass is 16.5. The third-order valence-electron chi connectivity index (χ3n) is 3.31. The summed E-state index contributed by atoms with van der Waals surface area (Å²) in [5.74, 6) is -1.16. The third-order valence-corrected chi connectivity index (χ3v) is 3.31. The first-order chi connectivity index (χ1) is 9.63. The number of nitrogens with one attached hydrogen (secondary N) is 2. The Morgan fingerprint density at radius 2 is 1.95 bits per heavy atom. The zero-order valence-electron chi connectivity index (χ0n) is 11.6. The number of aliphatic hydroxyl groups excluding tert-OH is 1. The van der Waals surface area contributed by atoms with E-state index < -0.39 is 18.0 Å². The lowest BCUT2D eigenvalue weighted by molar-refractivity contribution is -0.139. The maximum atomic E-state index is 11.5. The summed E-state index contributed by atoms with van der Waals surface area (Å²) in [5, 5.41) is 22.4. The molecule has 0 aromatic carbocycles. The van der Waals surface area contributed by atoms with Crippen molar-refractivity contribution in [2.24, 2.45) is 0 Å². The lowest BCUT2D eigenvalue weighted by atomic mass is 9.98. The van der Waals surface area contributed by atoms with Crippen LogP contribution in [-0.4, -0.2) is 54.1 Å². The molecule has 0 heterocycles. The summed E-state index contributed by atoms with van der Waals surface area (Å²) >= 11 is 0. The van der Waals surface area contributed by atoms with Crippen molar-refractivity contribution in [1.29, 1.82) is 0 Å². The van der Waals surface area contributed by atoms with Crippen molar-refractivity contribution in [2.45, 2.75) is 50.7 Å². The quantitative estimate of drug-likeness (QED) is 0.486. The molecule has 4 N–H and O–H groups in total. The average molecular weight is 288 g/mol. The Labute approximate surface area is 118 Å². The average Bonchev–Trinajstić information content (AvgIpc) is 2.44. The second-order valence-corrected chi connectivity index (χ2v) is 4.93. The molecule has 1 rings (SSSR count). The number of urea groups is 1. The molecule has 0 saturated heterocycles. The molecule has 0 radical (unpaired) electrons. The van der Waals surface area contributed by atoms with Crippen LogP contribution in [0.2, 0.25) is 0 Å². The maximum absolute atomic E-state index is 11.5. The Kier molecular flexibility index (Phi) is 7.98. The van der Waals surface area contributed by atoms with E-state index in [4.69, 9.17) is 14.9 Å². The second-order valence-electron chi connectivity index (χ2n) is 4.93. The molecule has 0 aromatic heterocycles. The zero-order valence-corrected chi connectivity index (χ0v) is 11.6. The van der Waals surface area contributed by atoms with Crippen molar-refractivity contribution in [2.75, 3.05) is 19.8 Å². The number of carboxylic acids is 1. The Balaban J connectivity index is 2.10. The second kappa shape index (κ2) is 9.55. The molecular formula is C13H24N2O5. The fourth-order valence-electron chi connectivity index (χ4n) is 2.22. The standard InChI is InChI=1S/C13H24N2O5/c16-8-6-11(12(17)18)15-13(19)14-7-9-20-10-4-2-1-3-5-10/h10-11,16H,1-9H2,(H,17,18)(H2,14,15,19)/t11-/m1/s1. The predicted octanol–water partition coefficient (Wildman–Crippen LogP) is 0.471. The summed E-state index contributed by atoms with van der Waals surface area (Å²) < 4.78 is 5.63. The third kappa shape index (κ3) is 6.72. The lowest BCUT2D eigenvalue weighted by Crippen LogP contribution is -2.47. The zero-order chi connectivity index (χ0) is 14.8. The van der Waals surface area contributed by atoms with E-state index >= 15 is 0 Å². The van der Waals surface area contributed by atoms with Gasteiger partial charge in [0, 0.05) is 19.6 Å². The number of aliphatic carboxylic acids is 1. The monoisotopic (exact) mass is 288 g/mol. The number of hydrogen-bond acceptors (Lipinski definition) is 4. The molecule has 1 fully saturated rings. The topological polar surface area (TPSA) is 108 Å². The summed E-state index contributed by atoms with van der Waals surface area (Å²) in [6, 6.07) is -1.63. The molecule has 20 heavy (non-hydrogen) atoms. The van der Waals surface area contributed by atoms with E-state index in [2.05, 4.69) is 10.6 Å². The van der Waals surface area contributed by atoms with Crippen LogP contribution in [0.25, 0.3) is 0 Å². The van der Waals surface area contributed by atoms with Gasteiger partial charge in [-0.3, -0.25) is 0 Å². The number of carbonyl (C=O) groups excluding carboxylic acids is 1. The van der Waals surface area contributed by atoms with E-state index in [0.717, 1.165) is 12.8 Å². The van der Waals surface area contributed by atoms with Gasteiger partial charge in [0.1, 0.15) is 6.04 Å². The van der Waals surface area contributed by atoms with Gasteiger partial charge in [-0.1, -0.05) is 19.3 Å². The van der Waals surface area contributed by atoms with Crippen molar-refractivity contribution >= 4 is 12.0 Å². The molecular weight excluding hydrogens is 264 g/mol. The minimum Gasteiger partial charge on any atom is -0.480 e. The molecule has 1 aliphatic rings. The summed E-state index contributed by atoms with van der Waals surface area (Å²) in [5.41, 5.74) is 0. The smallest absolute Gasteiger partial charge is 0.326 e. The molecule has 1 aliphatic carbocycles. The summed E-state index contributed by atoms with van der Waals surface area (Å²) in [6.45, 7) is 0.478. The van der Waals surface area contributed by atoms with Gasteiger partial charge in [0.25, 0.3) is 0 Å². The van der Waals surface area contributed by atoms with Gasteiger partial charge < -0.3 is 25.6 Å². The lowest BCUT2D eigenvalue weighted by Gasteiger charge is -2.22. The van der Waals surface area contributed by atoms with E-state index in [1.165, 1.54) is 19.3 Å². The highest BCUT2D eigenvalue weighted by molar-refractivity contribution is 5.82. The highest BCUT2D eigenvalue weighted by Crippen LogP contribution is 2.19.